The molecule has 32 heavy (non-hydrogen) atoms. The lowest BCUT2D eigenvalue weighted by Gasteiger charge is -2.29. The Kier molecular flexibility index (Phi) is 10.1. The zero-order chi connectivity index (χ0) is 22.3. The van der Waals surface area contributed by atoms with Crippen LogP contribution in [0.5, 0.6) is 11.5 Å². The van der Waals surface area contributed by atoms with Gasteiger partial charge in [0.15, 0.2) is 17.5 Å². The highest BCUT2D eigenvalue weighted by Gasteiger charge is 2.26. The van der Waals surface area contributed by atoms with E-state index in [0.29, 0.717) is 0 Å². The summed E-state index contributed by atoms with van der Waals surface area (Å²) in [5.41, 5.74) is 1.03. The molecule has 3 rings (SSSR count). The van der Waals surface area contributed by atoms with Gasteiger partial charge in [-0.25, -0.2) is 0 Å². The van der Waals surface area contributed by atoms with Gasteiger partial charge in [0.25, 0.3) is 0 Å². The number of nitrogens with zero attached hydrogens (tertiary/aromatic N) is 2. The molecule has 0 spiro atoms. The first-order valence-electron chi connectivity index (χ1n) is 10.9. The summed E-state index contributed by atoms with van der Waals surface area (Å²) in [5.74, 6) is 3.25. The third-order valence-electron chi connectivity index (χ3n) is 6.00. The Morgan fingerprint density at radius 3 is 2.44 bits per heavy atom. The highest BCUT2D eigenvalue weighted by molar-refractivity contribution is 14.0. The lowest BCUT2D eigenvalue weighted by Crippen LogP contribution is -2.46. The van der Waals surface area contributed by atoms with E-state index >= 15 is 0 Å². The summed E-state index contributed by atoms with van der Waals surface area (Å²) in [6.45, 7) is 8.06. The number of halogens is 1. The number of nitrogens with one attached hydrogen (secondary N) is 2. The molecule has 1 saturated heterocycles. The van der Waals surface area contributed by atoms with E-state index in [4.69, 9.17) is 13.9 Å². The number of methoxy groups -OCH3 is 2. The van der Waals surface area contributed by atoms with Crippen molar-refractivity contribution in [3.63, 3.8) is 0 Å². The molecule has 0 aliphatic carbocycles. The first-order valence-corrected chi connectivity index (χ1v) is 10.9. The fourth-order valence-electron chi connectivity index (χ4n) is 4.02. The summed E-state index contributed by atoms with van der Waals surface area (Å²) in [7, 11) is 5.11. The summed E-state index contributed by atoms with van der Waals surface area (Å²) in [5, 5.41) is 6.98. The summed E-state index contributed by atoms with van der Waals surface area (Å²) in [6.07, 6.45) is 4.23. The molecule has 2 heterocycles. The quantitative estimate of drug-likeness (QED) is 0.274. The largest absolute Gasteiger partial charge is 0.493 e. The van der Waals surface area contributed by atoms with Crippen molar-refractivity contribution in [3.8, 4) is 11.5 Å². The molecule has 1 aliphatic heterocycles. The lowest BCUT2D eigenvalue weighted by molar-refractivity contribution is 0.215. The second kappa shape index (κ2) is 12.3. The van der Waals surface area contributed by atoms with Crippen molar-refractivity contribution in [1.29, 1.82) is 0 Å². The van der Waals surface area contributed by atoms with Crippen molar-refractivity contribution >= 4 is 29.9 Å². The maximum Gasteiger partial charge on any atom is 0.191 e. The molecular formula is C24H37IN4O3. The number of aliphatic imine (C=N–C) groups is 1. The Labute approximate surface area is 209 Å². The lowest BCUT2D eigenvalue weighted by atomic mass is 9.84. The molecular weight excluding hydrogens is 519 g/mol. The SMILES string of the molecule is CN=C(NCC(c1ccco1)N1CCCC1)NCC(C)(C)c1ccc(OC)c(OC)c1.I. The zero-order valence-electron chi connectivity index (χ0n) is 19.8. The molecule has 178 valence electrons. The Balaban J connectivity index is 0.00000363. The van der Waals surface area contributed by atoms with Crippen LogP contribution in [-0.4, -0.2) is 58.3 Å². The number of hydrogen-bond acceptors (Lipinski definition) is 5. The second-order valence-corrected chi connectivity index (χ2v) is 8.53. The van der Waals surface area contributed by atoms with Crippen molar-refractivity contribution in [2.75, 3.05) is 47.4 Å². The second-order valence-electron chi connectivity index (χ2n) is 8.53. The van der Waals surface area contributed by atoms with Crippen molar-refractivity contribution < 1.29 is 13.9 Å². The van der Waals surface area contributed by atoms with Gasteiger partial charge in [0.05, 0.1) is 26.5 Å². The smallest absolute Gasteiger partial charge is 0.191 e. The van der Waals surface area contributed by atoms with Gasteiger partial charge in [-0.3, -0.25) is 9.89 Å². The fourth-order valence-corrected chi connectivity index (χ4v) is 4.02. The highest BCUT2D eigenvalue weighted by atomic mass is 127. The molecule has 1 fully saturated rings. The number of hydrogen-bond donors (Lipinski definition) is 2. The van der Waals surface area contributed by atoms with Gasteiger partial charge in [-0.05, 0) is 55.8 Å². The van der Waals surface area contributed by atoms with Crippen LogP contribution < -0.4 is 20.1 Å². The number of benzene rings is 1. The van der Waals surface area contributed by atoms with Gasteiger partial charge in [0, 0.05) is 25.6 Å². The van der Waals surface area contributed by atoms with Gasteiger partial charge in [-0.1, -0.05) is 19.9 Å². The molecule has 1 aromatic carbocycles. The molecule has 0 bridgehead atoms. The van der Waals surface area contributed by atoms with Crippen LogP contribution in [0.1, 0.15) is 44.1 Å². The maximum absolute atomic E-state index is 5.72. The average Bonchev–Trinajstić information content (AvgIpc) is 3.50. The summed E-state index contributed by atoms with van der Waals surface area (Å²) in [4.78, 5) is 6.91. The molecule has 1 unspecified atom stereocenters. The molecule has 0 amide bonds. The first kappa shape index (κ1) is 26.3. The van der Waals surface area contributed by atoms with E-state index in [2.05, 4.69) is 46.5 Å². The average molecular weight is 556 g/mol. The van der Waals surface area contributed by atoms with Crippen LogP contribution >= 0.6 is 24.0 Å². The maximum atomic E-state index is 5.72. The van der Waals surface area contributed by atoms with E-state index in [1.807, 2.05) is 18.2 Å². The number of ether oxygens (including phenoxy) is 2. The Morgan fingerprint density at radius 1 is 1.12 bits per heavy atom. The summed E-state index contributed by atoms with van der Waals surface area (Å²) >= 11 is 0. The van der Waals surface area contributed by atoms with E-state index in [1.165, 1.54) is 18.4 Å². The predicted octanol–water partition coefficient (Wildman–Crippen LogP) is 4.19. The van der Waals surface area contributed by atoms with E-state index in [1.54, 1.807) is 27.5 Å². The van der Waals surface area contributed by atoms with E-state index in [9.17, 15) is 0 Å². The molecule has 1 aliphatic rings. The van der Waals surface area contributed by atoms with Crippen LogP contribution in [0.25, 0.3) is 0 Å². The van der Waals surface area contributed by atoms with Gasteiger partial charge in [0.2, 0.25) is 0 Å². The Hall–Kier alpha value is -1.94. The van der Waals surface area contributed by atoms with Gasteiger partial charge < -0.3 is 24.5 Å². The van der Waals surface area contributed by atoms with E-state index in [-0.39, 0.29) is 35.4 Å². The Morgan fingerprint density at radius 2 is 1.84 bits per heavy atom. The van der Waals surface area contributed by atoms with Gasteiger partial charge >= 0.3 is 0 Å². The molecule has 0 radical (unpaired) electrons. The van der Waals surface area contributed by atoms with Crippen molar-refractivity contribution in [2.45, 2.75) is 38.1 Å². The van der Waals surface area contributed by atoms with Gasteiger partial charge in [-0.15, -0.1) is 24.0 Å². The monoisotopic (exact) mass is 556 g/mol. The van der Waals surface area contributed by atoms with Crippen LogP contribution in [0.4, 0.5) is 0 Å². The molecule has 0 saturated carbocycles. The van der Waals surface area contributed by atoms with E-state index < -0.39 is 0 Å². The van der Waals surface area contributed by atoms with Gasteiger partial charge in [-0.2, -0.15) is 0 Å². The third kappa shape index (κ3) is 6.54. The number of furan rings is 1. The minimum atomic E-state index is -0.132. The van der Waals surface area contributed by atoms with Crippen LogP contribution in [0.15, 0.2) is 46.0 Å². The molecule has 2 N–H and O–H groups in total. The summed E-state index contributed by atoms with van der Waals surface area (Å²) in [6, 6.07) is 10.3. The Bertz CT molecular complexity index is 849. The van der Waals surface area contributed by atoms with Crippen molar-refractivity contribution in [1.82, 2.24) is 15.5 Å². The number of guanidine groups is 1. The van der Waals surface area contributed by atoms with E-state index in [0.717, 1.165) is 49.4 Å². The van der Waals surface area contributed by atoms with Crippen LogP contribution in [0, 0.1) is 0 Å². The molecule has 7 nitrogen and oxygen atoms in total. The highest BCUT2D eigenvalue weighted by Crippen LogP contribution is 2.33. The number of likely N-dealkylation sites (tertiary alicyclic amines) is 1. The number of rotatable bonds is 9. The first-order chi connectivity index (χ1) is 15.0. The minimum Gasteiger partial charge on any atom is -0.493 e. The van der Waals surface area contributed by atoms with Crippen LogP contribution in [0.3, 0.4) is 0 Å². The van der Waals surface area contributed by atoms with Crippen molar-refractivity contribution in [3.05, 3.63) is 47.9 Å². The van der Waals surface area contributed by atoms with Gasteiger partial charge in [0.1, 0.15) is 5.76 Å². The molecule has 1 atom stereocenters. The summed E-state index contributed by atoms with van der Waals surface area (Å²) < 4.78 is 16.6. The third-order valence-corrected chi connectivity index (χ3v) is 6.00. The molecule has 2 aromatic rings. The fraction of sp³-hybridized carbons (Fsp3) is 0.542. The predicted molar refractivity (Wildman–Crippen MR) is 140 cm³/mol. The standard InChI is InChI=1S/C24H36N4O3.HI/c1-24(2,18-10-11-21(29-4)22(15-18)30-5)17-27-23(25-3)26-16-19(20-9-8-14-31-20)28-12-6-7-13-28;/h8-11,14-15,19H,6-7,12-13,16-17H2,1-5H3,(H2,25,26,27);1H. The minimum absolute atomic E-state index is 0. The zero-order valence-corrected chi connectivity index (χ0v) is 22.1. The normalized spacial score (nSPS) is 15.7. The molecule has 8 heteroatoms. The van der Waals surface area contributed by atoms with Crippen LogP contribution in [0.2, 0.25) is 0 Å². The topological polar surface area (TPSA) is 71.3 Å². The van der Waals surface area contributed by atoms with Crippen molar-refractivity contribution in [2.24, 2.45) is 4.99 Å². The molecule has 1 aromatic heterocycles. The van der Waals surface area contributed by atoms with Crippen LogP contribution in [-0.2, 0) is 5.41 Å².